The molecule has 0 aromatic heterocycles. The Labute approximate surface area is 149 Å². The summed E-state index contributed by atoms with van der Waals surface area (Å²) in [6.07, 6.45) is 0.183. The van der Waals surface area contributed by atoms with Crippen LogP contribution in [0.15, 0.2) is 46.9 Å². The lowest BCUT2D eigenvalue weighted by molar-refractivity contribution is -0.139. The van der Waals surface area contributed by atoms with Gasteiger partial charge in [-0.05, 0) is 55.3 Å². The van der Waals surface area contributed by atoms with Crippen LogP contribution in [0.3, 0.4) is 0 Å². The van der Waals surface area contributed by atoms with Crippen molar-refractivity contribution in [2.45, 2.75) is 20.3 Å². The van der Waals surface area contributed by atoms with E-state index in [1.165, 1.54) is 0 Å². The molecule has 0 spiro atoms. The van der Waals surface area contributed by atoms with Crippen LogP contribution in [-0.4, -0.2) is 18.4 Å². The second-order valence-electron chi connectivity index (χ2n) is 6.00. The average Bonchev–Trinajstić information content (AvgIpc) is 2.94. The third kappa shape index (κ3) is 3.36. The predicted octanol–water partition coefficient (Wildman–Crippen LogP) is 4.02. The van der Waals surface area contributed by atoms with Crippen molar-refractivity contribution in [3.8, 4) is 5.75 Å². The molecule has 2 aromatic rings. The normalized spacial score (nSPS) is 17.2. The number of nitrogens with zero attached hydrogens (tertiary/aromatic N) is 1. The van der Waals surface area contributed by atoms with Gasteiger partial charge in [-0.25, -0.2) is 0 Å². The fourth-order valence-electron chi connectivity index (χ4n) is 2.83. The molecule has 1 atom stereocenters. The largest absolute Gasteiger partial charge is 0.426 e. The second-order valence-corrected chi connectivity index (χ2v) is 6.92. The Morgan fingerprint density at radius 3 is 2.58 bits per heavy atom. The van der Waals surface area contributed by atoms with Crippen LogP contribution in [0.5, 0.6) is 5.75 Å². The third-order valence-corrected chi connectivity index (χ3v) is 4.89. The molecule has 1 aliphatic rings. The molecule has 0 unspecified atom stereocenters. The molecule has 0 N–H and O–H groups in total. The van der Waals surface area contributed by atoms with Crippen molar-refractivity contribution >= 4 is 33.5 Å². The minimum Gasteiger partial charge on any atom is -0.426 e. The highest BCUT2D eigenvalue weighted by Crippen LogP contribution is 2.30. The molecule has 0 bridgehead atoms. The maximum absolute atomic E-state index is 12.4. The number of esters is 1. The summed E-state index contributed by atoms with van der Waals surface area (Å²) in [5.41, 5.74) is 3.06. The van der Waals surface area contributed by atoms with Crippen LogP contribution >= 0.6 is 15.9 Å². The standard InChI is InChI=1S/C19H18BrNO3/c1-12-4-3-5-17(13(12)2)21-11-14(10-18(21)22)19(23)24-16-8-6-15(20)7-9-16/h3-9,14H,10-11H2,1-2H3/t14-/m0/s1. The van der Waals surface area contributed by atoms with E-state index in [0.29, 0.717) is 12.3 Å². The fourth-order valence-corrected chi connectivity index (χ4v) is 3.09. The SMILES string of the molecule is Cc1cccc(N2C[C@@H](C(=O)Oc3ccc(Br)cc3)CC2=O)c1C. The molecule has 3 rings (SSSR count). The van der Waals surface area contributed by atoms with Crippen molar-refractivity contribution in [3.05, 3.63) is 58.1 Å². The Bertz CT molecular complexity index is 786. The summed E-state index contributed by atoms with van der Waals surface area (Å²) in [5, 5.41) is 0. The van der Waals surface area contributed by atoms with Gasteiger partial charge >= 0.3 is 5.97 Å². The van der Waals surface area contributed by atoms with Crippen LogP contribution in [0.4, 0.5) is 5.69 Å². The van der Waals surface area contributed by atoms with E-state index >= 15 is 0 Å². The molecule has 24 heavy (non-hydrogen) atoms. The minimum absolute atomic E-state index is 0.0403. The molecule has 1 heterocycles. The number of benzene rings is 2. The van der Waals surface area contributed by atoms with Crippen LogP contribution in [0.1, 0.15) is 17.5 Å². The molecule has 0 saturated carbocycles. The molecular formula is C19H18BrNO3. The zero-order valence-electron chi connectivity index (χ0n) is 13.6. The number of ether oxygens (including phenoxy) is 1. The monoisotopic (exact) mass is 387 g/mol. The fraction of sp³-hybridized carbons (Fsp3) is 0.263. The van der Waals surface area contributed by atoms with Crippen LogP contribution in [-0.2, 0) is 9.59 Å². The number of carbonyl (C=O) groups is 2. The van der Waals surface area contributed by atoms with Crippen molar-refractivity contribution in [2.75, 3.05) is 11.4 Å². The highest BCUT2D eigenvalue weighted by Gasteiger charge is 2.37. The number of hydrogen-bond acceptors (Lipinski definition) is 3. The highest BCUT2D eigenvalue weighted by atomic mass is 79.9. The van der Waals surface area contributed by atoms with Gasteiger partial charge in [0, 0.05) is 23.1 Å². The maximum Gasteiger partial charge on any atom is 0.316 e. The Balaban J connectivity index is 1.73. The second kappa shape index (κ2) is 6.77. The van der Waals surface area contributed by atoms with E-state index in [2.05, 4.69) is 15.9 Å². The van der Waals surface area contributed by atoms with E-state index < -0.39 is 5.92 Å². The van der Waals surface area contributed by atoms with E-state index in [1.807, 2.05) is 44.2 Å². The van der Waals surface area contributed by atoms with Gasteiger partial charge in [0.1, 0.15) is 5.75 Å². The first-order valence-electron chi connectivity index (χ1n) is 7.79. The Kier molecular flexibility index (Phi) is 4.71. The Morgan fingerprint density at radius 2 is 1.88 bits per heavy atom. The van der Waals surface area contributed by atoms with Crippen LogP contribution in [0.25, 0.3) is 0 Å². The van der Waals surface area contributed by atoms with Gasteiger partial charge in [-0.3, -0.25) is 9.59 Å². The first-order chi connectivity index (χ1) is 11.5. The molecular weight excluding hydrogens is 370 g/mol. The van der Waals surface area contributed by atoms with Crippen molar-refractivity contribution < 1.29 is 14.3 Å². The summed E-state index contributed by atoms with van der Waals surface area (Å²) in [6, 6.07) is 12.9. The molecule has 2 aromatic carbocycles. The lowest BCUT2D eigenvalue weighted by atomic mass is 10.1. The van der Waals surface area contributed by atoms with Gasteiger partial charge in [-0.1, -0.05) is 28.1 Å². The van der Waals surface area contributed by atoms with Gasteiger partial charge in [0.15, 0.2) is 0 Å². The Hall–Kier alpha value is -2.14. The van der Waals surface area contributed by atoms with Crippen molar-refractivity contribution in [3.63, 3.8) is 0 Å². The van der Waals surface area contributed by atoms with Gasteiger partial charge in [-0.15, -0.1) is 0 Å². The maximum atomic E-state index is 12.4. The van der Waals surface area contributed by atoms with Crippen molar-refractivity contribution in [2.24, 2.45) is 5.92 Å². The summed E-state index contributed by atoms with van der Waals surface area (Å²) < 4.78 is 6.32. The van der Waals surface area contributed by atoms with Crippen molar-refractivity contribution in [1.82, 2.24) is 0 Å². The van der Waals surface area contributed by atoms with E-state index in [1.54, 1.807) is 17.0 Å². The number of amides is 1. The smallest absolute Gasteiger partial charge is 0.316 e. The van der Waals surface area contributed by atoms with Crippen LogP contribution in [0.2, 0.25) is 0 Å². The summed E-state index contributed by atoms with van der Waals surface area (Å²) in [5.74, 6) is -0.359. The Morgan fingerprint density at radius 1 is 1.17 bits per heavy atom. The van der Waals surface area contributed by atoms with Gasteiger partial charge in [0.2, 0.25) is 5.91 Å². The molecule has 1 aliphatic heterocycles. The summed E-state index contributed by atoms with van der Waals surface area (Å²) in [7, 11) is 0. The number of hydrogen-bond donors (Lipinski definition) is 0. The number of carbonyl (C=O) groups excluding carboxylic acids is 2. The topological polar surface area (TPSA) is 46.6 Å². The molecule has 1 fully saturated rings. The molecule has 0 aliphatic carbocycles. The summed E-state index contributed by atoms with van der Waals surface area (Å²) >= 11 is 3.34. The lowest BCUT2D eigenvalue weighted by Crippen LogP contribution is -2.28. The number of aryl methyl sites for hydroxylation is 1. The highest BCUT2D eigenvalue weighted by molar-refractivity contribution is 9.10. The molecule has 0 radical (unpaired) electrons. The third-order valence-electron chi connectivity index (χ3n) is 4.36. The van der Waals surface area contributed by atoms with Gasteiger partial charge < -0.3 is 9.64 Å². The summed E-state index contributed by atoms with van der Waals surface area (Å²) in [6.45, 7) is 4.36. The van der Waals surface area contributed by atoms with Gasteiger partial charge in [-0.2, -0.15) is 0 Å². The van der Waals surface area contributed by atoms with Crippen LogP contribution < -0.4 is 9.64 Å². The lowest BCUT2D eigenvalue weighted by Gasteiger charge is -2.20. The minimum atomic E-state index is -0.443. The molecule has 1 saturated heterocycles. The van der Waals surface area contributed by atoms with Gasteiger partial charge in [0.25, 0.3) is 0 Å². The number of rotatable bonds is 3. The first-order valence-corrected chi connectivity index (χ1v) is 8.59. The number of halogens is 1. The average molecular weight is 388 g/mol. The number of anilines is 1. The zero-order chi connectivity index (χ0) is 17.3. The van der Waals surface area contributed by atoms with E-state index in [4.69, 9.17) is 4.74 Å². The molecule has 5 heteroatoms. The molecule has 1 amide bonds. The quantitative estimate of drug-likeness (QED) is 0.589. The van der Waals surface area contributed by atoms with Crippen molar-refractivity contribution in [1.29, 1.82) is 0 Å². The molecule has 124 valence electrons. The van der Waals surface area contributed by atoms with Crippen LogP contribution in [0, 0.1) is 19.8 Å². The molecule has 4 nitrogen and oxygen atoms in total. The van der Waals surface area contributed by atoms with Gasteiger partial charge in [0.05, 0.1) is 5.92 Å². The zero-order valence-corrected chi connectivity index (χ0v) is 15.2. The predicted molar refractivity (Wildman–Crippen MR) is 96.2 cm³/mol. The van der Waals surface area contributed by atoms with E-state index in [0.717, 1.165) is 21.3 Å². The first kappa shape index (κ1) is 16.7. The van der Waals surface area contributed by atoms with E-state index in [-0.39, 0.29) is 18.3 Å². The van der Waals surface area contributed by atoms with E-state index in [9.17, 15) is 9.59 Å². The summed E-state index contributed by atoms with van der Waals surface area (Å²) in [4.78, 5) is 26.4.